The van der Waals surface area contributed by atoms with E-state index in [2.05, 4.69) is 4.98 Å². The summed E-state index contributed by atoms with van der Waals surface area (Å²) in [6.07, 6.45) is 1.73. The summed E-state index contributed by atoms with van der Waals surface area (Å²) in [6, 6.07) is 15.5. The smallest absolute Gasteiger partial charge is 0.227 e. The molecule has 21 heavy (non-hydrogen) atoms. The highest BCUT2D eigenvalue weighted by Crippen LogP contribution is 2.30. The molecular weight excluding hydrogens is 264 g/mol. The molecule has 0 aliphatic heterocycles. The number of nitrogens with two attached hydrogens (primary N) is 1. The van der Waals surface area contributed by atoms with Crippen molar-refractivity contribution >= 4 is 10.8 Å². The highest BCUT2D eigenvalue weighted by atomic mass is 16.5. The summed E-state index contributed by atoms with van der Waals surface area (Å²) < 4.78 is 11.2. The lowest BCUT2D eigenvalue weighted by Crippen LogP contribution is -1.96. The molecule has 0 saturated heterocycles. The van der Waals surface area contributed by atoms with Crippen molar-refractivity contribution in [2.75, 3.05) is 7.11 Å². The van der Waals surface area contributed by atoms with Gasteiger partial charge in [-0.1, -0.05) is 18.2 Å². The Hall–Kier alpha value is -2.59. The number of nitrogens with zero attached hydrogens (tertiary/aromatic N) is 1. The number of rotatable bonds is 4. The normalized spacial score (nSPS) is 10.6. The van der Waals surface area contributed by atoms with Gasteiger partial charge >= 0.3 is 0 Å². The second-order valence-corrected chi connectivity index (χ2v) is 4.66. The number of fused-ring (bicyclic) bond motifs is 1. The number of hydrogen-bond donors (Lipinski definition) is 1. The largest absolute Gasteiger partial charge is 0.497 e. The predicted molar refractivity (Wildman–Crippen MR) is 82.7 cm³/mol. The zero-order chi connectivity index (χ0) is 14.7. The second-order valence-electron chi connectivity index (χ2n) is 4.66. The van der Waals surface area contributed by atoms with E-state index in [1.807, 2.05) is 48.5 Å². The molecule has 0 atom stereocenters. The second kappa shape index (κ2) is 5.81. The predicted octanol–water partition coefficient (Wildman–Crippen LogP) is 3.49. The molecule has 0 aliphatic rings. The lowest BCUT2D eigenvalue weighted by atomic mass is 10.1. The SMILES string of the molecule is COc1ccc2ccnc(Oc3cccc(CN)c3)c2c1. The van der Waals surface area contributed by atoms with E-state index in [0.29, 0.717) is 12.4 Å². The third kappa shape index (κ3) is 2.80. The molecule has 106 valence electrons. The van der Waals surface area contributed by atoms with Crippen molar-refractivity contribution in [3.63, 3.8) is 0 Å². The van der Waals surface area contributed by atoms with Crippen LogP contribution in [0.5, 0.6) is 17.4 Å². The lowest BCUT2D eigenvalue weighted by molar-refractivity contribution is 0.415. The lowest BCUT2D eigenvalue weighted by Gasteiger charge is -2.09. The van der Waals surface area contributed by atoms with Crippen LogP contribution in [-0.2, 0) is 6.54 Å². The first kappa shape index (κ1) is 13.4. The molecule has 0 bridgehead atoms. The molecule has 4 heteroatoms. The van der Waals surface area contributed by atoms with Gasteiger partial charge in [0.2, 0.25) is 5.88 Å². The first-order valence-electron chi connectivity index (χ1n) is 6.70. The van der Waals surface area contributed by atoms with Gasteiger partial charge in [-0.15, -0.1) is 0 Å². The van der Waals surface area contributed by atoms with Crippen molar-refractivity contribution < 1.29 is 9.47 Å². The van der Waals surface area contributed by atoms with E-state index in [1.165, 1.54) is 0 Å². The molecule has 3 aromatic rings. The minimum atomic E-state index is 0.480. The average molecular weight is 280 g/mol. The number of aromatic nitrogens is 1. The Morgan fingerprint density at radius 1 is 1.05 bits per heavy atom. The highest BCUT2D eigenvalue weighted by molar-refractivity contribution is 5.88. The third-order valence-corrected chi connectivity index (χ3v) is 3.29. The molecular formula is C17H16N2O2. The molecule has 4 nitrogen and oxygen atoms in total. The summed E-state index contributed by atoms with van der Waals surface area (Å²) in [5.41, 5.74) is 6.67. The molecule has 1 heterocycles. The van der Waals surface area contributed by atoms with E-state index in [-0.39, 0.29) is 0 Å². The molecule has 2 aromatic carbocycles. The number of ether oxygens (including phenoxy) is 2. The fourth-order valence-corrected chi connectivity index (χ4v) is 2.18. The van der Waals surface area contributed by atoms with Crippen molar-refractivity contribution in [1.82, 2.24) is 4.98 Å². The van der Waals surface area contributed by atoms with Crippen molar-refractivity contribution in [3.05, 3.63) is 60.3 Å². The van der Waals surface area contributed by atoms with Crippen LogP contribution in [0.2, 0.25) is 0 Å². The summed E-state index contributed by atoms with van der Waals surface area (Å²) in [6.45, 7) is 0.480. The molecule has 1 aromatic heterocycles. The van der Waals surface area contributed by atoms with Crippen LogP contribution in [0, 0.1) is 0 Å². The van der Waals surface area contributed by atoms with Gasteiger partial charge in [0.25, 0.3) is 0 Å². The standard InChI is InChI=1S/C17H16N2O2/c1-20-14-6-5-13-7-8-19-17(16(13)10-14)21-15-4-2-3-12(9-15)11-18/h2-10H,11,18H2,1H3. The summed E-state index contributed by atoms with van der Waals surface area (Å²) in [5, 5.41) is 1.96. The van der Waals surface area contributed by atoms with Crippen LogP contribution < -0.4 is 15.2 Å². The highest BCUT2D eigenvalue weighted by Gasteiger charge is 2.07. The van der Waals surface area contributed by atoms with E-state index in [0.717, 1.165) is 27.8 Å². The van der Waals surface area contributed by atoms with Gasteiger partial charge in [-0.05, 0) is 41.3 Å². The number of methoxy groups -OCH3 is 1. The average Bonchev–Trinajstić information content (AvgIpc) is 2.55. The fraction of sp³-hybridized carbons (Fsp3) is 0.118. The van der Waals surface area contributed by atoms with Crippen LogP contribution in [-0.4, -0.2) is 12.1 Å². The minimum Gasteiger partial charge on any atom is -0.497 e. The molecule has 0 radical (unpaired) electrons. The van der Waals surface area contributed by atoms with E-state index < -0.39 is 0 Å². The fourth-order valence-electron chi connectivity index (χ4n) is 2.18. The zero-order valence-corrected chi connectivity index (χ0v) is 11.7. The molecule has 0 saturated carbocycles. The van der Waals surface area contributed by atoms with Gasteiger partial charge in [0.05, 0.1) is 7.11 Å². The van der Waals surface area contributed by atoms with E-state index in [1.54, 1.807) is 13.3 Å². The van der Waals surface area contributed by atoms with Crippen molar-refractivity contribution in [2.45, 2.75) is 6.54 Å². The Morgan fingerprint density at radius 3 is 2.76 bits per heavy atom. The van der Waals surface area contributed by atoms with E-state index >= 15 is 0 Å². The molecule has 3 rings (SSSR count). The van der Waals surface area contributed by atoms with Crippen LogP contribution in [0.3, 0.4) is 0 Å². The molecule has 0 aliphatic carbocycles. The van der Waals surface area contributed by atoms with Gasteiger partial charge in [0.1, 0.15) is 11.5 Å². The third-order valence-electron chi connectivity index (χ3n) is 3.29. The summed E-state index contributed by atoms with van der Waals surface area (Å²) in [7, 11) is 1.64. The topological polar surface area (TPSA) is 57.4 Å². The maximum atomic E-state index is 5.91. The van der Waals surface area contributed by atoms with Gasteiger partial charge in [0, 0.05) is 18.1 Å². The van der Waals surface area contributed by atoms with Gasteiger partial charge in [0.15, 0.2) is 0 Å². The Kier molecular flexibility index (Phi) is 3.71. The van der Waals surface area contributed by atoms with Crippen molar-refractivity contribution in [2.24, 2.45) is 5.73 Å². The molecule has 0 amide bonds. The van der Waals surface area contributed by atoms with Gasteiger partial charge in [-0.3, -0.25) is 0 Å². The first-order chi connectivity index (χ1) is 10.3. The van der Waals surface area contributed by atoms with E-state index in [9.17, 15) is 0 Å². The van der Waals surface area contributed by atoms with Crippen LogP contribution in [0.1, 0.15) is 5.56 Å². The molecule has 2 N–H and O–H groups in total. The molecule has 0 unspecified atom stereocenters. The van der Waals surface area contributed by atoms with Gasteiger partial charge in [-0.25, -0.2) is 4.98 Å². The van der Waals surface area contributed by atoms with E-state index in [4.69, 9.17) is 15.2 Å². The molecule has 0 spiro atoms. The van der Waals surface area contributed by atoms with Crippen LogP contribution in [0.15, 0.2) is 54.7 Å². The number of benzene rings is 2. The van der Waals surface area contributed by atoms with Gasteiger partial charge < -0.3 is 15.2 Å². The zero-order valence-electron chi connectivity index (χ0n) is 11.7. The minimum absolute atomic E-state index is 0.480. The summed E-state index contributed by atoms with van der Waals surface area (Å²) >= 11 is 0. The Morgan fingerprint density at radius 2 is 1.95 bits per heavy atom. The van der Waals surface area contributed by atoms with Crippen molar-refractivity contribution in [3.8, 4) is 17.4 Å². The van der Waals surface area contributed by atoms with Crippen molar-refractivity contribution in [1.29, 1.82) is 0 Å². The Labute approximate surface area is 123 Å². The summed E-state index contributed by atoms with van der Waals surface area (Å²) in [4.78, 5) is 4.32. The first-order valence-corrected chi connectivity index (χ1v) is 6.70. The van der Waals surface area contributed by atoms with Crippen LogP contribution in [0.4, 0.5) is 0 Å². The van der Waals surface area contributed by atoms with Crippen LogP contribution in [0.25, 0.3) is 10.8 Å². The quantitative estimate of drug-likeness (QED) is 0.794. The van der Waals surface area contributed by atoms with Gasteiger partial charge in [-0.2, -0.15) is 0 Å². The van der Waals surface area contributed by atoms with Crippen LogP contribution >= 0.6 is 0 Å². The maximum Gasteiger partial charge on any atom is 0.227 e. The Balaban J connectivity index is 2.03. The monoisotopic (exact) mass is 280 g/mol. The number of pyridine rings is 1. The maximum absolute atomic E-state index is 5.91. The Bertz CT molecular complexity index is 772. The number of hydrogen-bond acceptors (Lipinski definition) is 4. The molecule has 0 fully saturated rings. The summed E-state index contributed by atoms with van der Waals surface area (Å²) in [5.74, 6) is 2.05.